The van der Waals surface area contributed by atoms with E-state index in [4.69, 9.17) is 4.52 Å². The highest BCUT2D eigenvalue weighted by molar-refractivity contribution is 7.08. The SMILES string of the molecule is O=C(CCc1nc(-c2ccsc2)no1)N1CCN(Cc2cccc3ccccc23)CC1. The third-order valence-electron chi connectivity index (χ3n) is 5.80. The van der Waals surface area contributed by atoms with Gasteiger partial charge in [-0.2, -0.15) is 16.3 Å². The average molecular weight is 433 g/mol. The molecular formula is C24H24N4O2S. The Hall–Kier alpha value is -3.03. The monoisotopic (exact) mass is 432 g/mol. The van der Waals surface area contributed by atoms with Crippen molar-refractivity contribution in [2.24, 2.45) is 0 Å². The van der Waals surface area contributed by atoms with Gasteiger partial charge in [-0.25, -0.2) is 0 Å². The number of benzene rings is 2. The second-order valence-corrected chi connectivity index (χ2v) is 8.60. The molecule has 4 aromatic rings. The molecule has 0 radical (unpaired) electrons. The molecule has 6 nitrogen and oxygen atoms in total. The number of rotatable bonds is 6. The van der Waals surface area contributed by atoms with Gasteiger partial charge in [0.1, 0.15) is 0 Å². The molecule has 1 amide bonds. The van der Waals surface area contributed by atoms with Crippen molar-refractivity contribution in [1.82, 2.24) is 19.9 Å². The zero-order valence-corrected chi connectivity index (χ0v) is 18.1. The van der Waals surface area contributed by atoms with E-state index in [1.54, 1.807) is 11.3 Å². The lowest BCUT2D eigenvalue weighted by Gasteiger charge is -2.35. The molecule has 2 aromatic heterocycles. The predicted molar refractivity (Wildman–Crippen MR) is 122 cm³/mol. The van der Waals surface area contributed by atoms with Gasteiger partial charge in [0.25, 0.3) is 0 Å². The number of hydrogen-bond acceptors (Lipinski definition) is 6. The predicted octanol–water partition coefficient (Wildman–Crippen LogP) is 4.23. The number of carbonyl (C=O) groups is 1. The van der Waals surface area contributed by atoms with E-state index in [0.29, 0.717) is 24.6 Å². The van der Waals surface area contributed by atoms with Gasteiger partial charge >= 0.3 is 0 Å². The first-order chi connectivity index (χ1) is 15.3. The number of fused-ring (bicyclic) bond motifs is 1. The number of aromatic nitrogens is 2. The molecule has 0 unspecified atom stereocenters. The Morgan fingerprint density at radius 1 is 1.03 bits per heavy atom. The van der Waals surface area contributed by atoms with Crippen molar-refractivity contribution >= 4 is 28.0 Å². The van der Waals surface area contributed by atoms with E-state index in [2.05, 4.69) is 57.5 Å². The molecule has 1 saturated heterocycles. The van der Waals surface area contributed by atoms with Crippen molar-refractivity contribution in [2.45, 2.75) is 19.4 Å². The molecule has 1 aliphatic rings. The van der Waals surface area contributed by atoms with Gasteiger partial charge in [-0.05, 0) is 27.8 Å². The summed E-state index contributed by atoms with van der Waals surface area (Å²) in [6, 6.07) is 17.0. The van der Waals surface area contributed by atoms with E-state index in [0.717, 1.165) is 38.3 Å². The van der Waals surface area contributed by atoms with Crippen molar-refractivity contribution in [3.05, 3.63) is 70.7 Å². The molecule has 31 heavy (non-hydrogen) atoms. The summed E-state index contributed by atoms with van der Waals surface area (Å²) in [5.74, 6) is 1.26. The van der Waals surface area contributed by atoms with Crippen LogP contribution in [-0.4, -0.2) is 52.0 Å². The largest absolute Gasteiger partial charge is 0.340 e. The smallest absolute Gasteiger partial charge is 0.227 e. The third kappa shape index (κ3) is 4.52. The van der Waals surface area contributed by atoms with Gasteiger partial charge in [0.15, 0.2) is 0 Å². The molecule has 0 N–H and O–H groups in total. The Bertz CT molecular complexity index is 1160. The molecule has 0 atom stereocenters. The summed E-state index contributed by atoms with van der Waals surface area (Å²) in [5, 5.41) is 10.6. The number of nitrogens with zero attached hydrogens (tertiary/aromatic N) is 4. The average Bonchev–Trinajstić information content (AvgIpc) is 3.50. The van der Waals surface area contributed by atoms with Gasteiger partial charge in [0, 0.05) is 56.5 Å². The zero-order valence-electron chi connectivity index (χ0n) is 17.2. The number of carbonyl (C=O) groups excluding carboxylic acids is 1. The molecule has 1 fully saturated rings. The standard InChI is InChI=1S/C24H24N4O2S/c29-23(9-8-22-25-24(26-30-22)20-10-15-31-17-20)28-13-11-27(12-14-28)16-19-6-3-5-18-4-1-2-7-21(18)19/h1-7,10,15,17H,8-9,11-14,16H2. The Kier molecular flexibility index (Phi) is 5.78. The van der Waals surface area contributed by atoms with Crippen molar-refractivity contribution in [2.75, 3.05) is 26.2 Å². The highest BCUT2D eigenvalue weighted by Crippen LogP contribution is 2.21. The Morgan fingerprint density at radius 3 is 2.71 bits per heavy atom. The fourth-order valence-electron chi connectivity index (χ4n) is 4.06. The van der Waals surface area contributed by atoms with Gasteiger partial charge < -0.3 is 9.42 Å². The molecule has 7 heteroatoms. The van der Waals surface area contributed by atoms with Crippen molar-refractivity contribution in [1.29, 1.82) is 0 Å². The highest BCUT2D eigenvalue weighted by atomic mass is 32.1. The molecule has 1 aliphatic heterocycles. The molecule has 0 aliphatic carbocycles. The summed E-state index contributed by atoms with van der Waals surface area (Å²) in [4.78, 5) is 21.5. The Balaban J connectivity index is 1.12. The second-order valence-electron chi connectivity index (χ2n) is 7.82. The minimum absolute atomic E-state index is 0.153. The Labute approximate surface area is 185 Å². The van der Waals surface area contributed by atoms with Crippen LogP contribution in [0.5, 0.6) is 0 Å². The Morgan fingerprint density at radius 2 is 1.87 bits per heavy atom. The number of hydrogen-bond donors (Lipinski definition) is 0. The molecule has 2 aromatic carbocycles. The van der Waals surface area contributed by atoms with E-state index in [-0.39, 0.29) is 5.91 Å². The van der Waals surface area contributed by atoms with E-state index in [1.165, 1.54) is 16.3 Å². The number of thiophene rings is 1. The van der Waals surface area contributed by atoms with Crippen LogP contribution in [0.25, 0.3) is 22.2 Å². The lowest BCUT2D eigenvalue weighted by atomic mass is 10.0. The normalized spacial score (nSPS) is 14.9. The molecule has 0 saturated carbocycles. The van der Waals surface area contributed by atoms with E-state index in [9.17, 15) is 4.79 Å². The second kappa shape index (κ2) is 8.99. The van der Waals surface area contributed by atoms with E-state index >= 15 is 0 Å². The molecule has 3 heterocycles. The lowest BCUT2D eigenvalue weighted by Crippen LogP contribution is -2.48. The van der Waals surface area contributed by atoms with Crippen LogP contribution in [0.15, 0.2) is 63.8 Å². The van der Waals surface area contributed by atoms with Crippen molar-refractivity contribution in [3.63, 3.8) is 0 Å². The minimum Gasteiger partial charge on any atom is -0.340 e. The van der Waals surface area contributed by atoms with Crippen LogP contribution in [0.2, 0.25) is 0 Å². The molecular weight excluding hydrogens is 408 g/mol. The number of piperazine rings is 1. The first-order valence-corrected chi connectivity index (χ1v) is 11.5. The molecule has 5 rings (SSSR count). The summed E-state index contributed by atoms with van der Waals surface area (Å²) < 4.78 is 5.31. The molecule has 0 bridgehead atoms. The summed E-state index contributed by atoms with van der Waals surface area (Å²) >= 11 is 1.60. The quantitative estimate of drug-likeness (QED) is 0.456. The topological polar surface area (TPSA) is 62.5 Å². The van der Waals surface area contributed by atoms with Crippen LogP contribution in [-0.2, 0) is 17.8 Å². The lowest BCUT2D eigenvalue weighted by molar-refractivity contribution is -0.133. The first kappa shape index (κ1) is 19.9. The summed E-state index contributed by atoms with van der Waals surface area (Å²) in [7, 11) is 0. The van der Waals surface area contributed by atoms with Crippen LogP contribution in [0.3, 0.4) is 0 Å². The summed E-state index contributed by atoms with van der Waals surface area (Å²) in [6.07, 6.45) is 0.876. The summed E-state index contributed by atoms with van der Waals surface area (Å²) in [6.45, 7) is 4.20. The first-order valence-electron chi connectivity index (χ1n) is 10.6. The van der Waals surface area contributed by atoms with E-state index in [1.807, 2.05) is 21.7 Å². The maximum Gasteiger partial charge on any atom is 0.227 e. The van der Waals surface area contributed by atoms with Gasteiger partial charge in [0.2, 0.25) is 17.6 Å². The van der Waals surface area contributed by atoms with Crippen molar-refractivity contribution < 1.29 is 9.32 Å². The van der Waals surface area contributed by atoms with Gasteiger partial charge in [-0.15, -0.1) is 0 Å². The maximum atomic E-state index is 12.7. The van der Waals surface area contributed by atoms with Gasteiger partial charge in [0.05, 0.1) is 0 Å². The van der Waals surface area contributed by atoms with Crippen LogP contribution in [0.4, 0.5) is 0 Å². The van der Waals surface area contributed by atoms with Crippen LogP contribution >= 0.6 is 11.3 Å². The number of amides is 1. The van der Waals surface area contributed by atoms with Crippen LogP contribution in [0, 0.1) is 0 Å². The van der Waals surface area contributed by atoms with E-state index < -0.39 is 0 Å². The third-order valence-corrected chi connectivity index (χ3v) is 6.48. The van der Waals surface area contributed by atoms with Crippen LogP contribution in [0.1, 0.15) is 17.9 Å². The summed E-state index contributed by atoms with van der Waals surface area (Å²) in [5.41, 5.74) is 2.30. The maximum absolute atomic E-state index is 12.7. The van der Waals surface area contributed by atoms with Crippen molar-refractivity contribution in [3.8, 4) is 11.4 Å². The fraction of sp³-hybridized carbons (Fsp3) is 0.292. The highest BCUT2D eigenvalue weighted by Gasteiger charge is 2.22. The van der Waals surface area contributed by atoms with Gasteiger partial charge in [-0.3, -0.25) is 9.69 Å². The molecule has 0 spiro atoms. The zero-order chi connectivity index (χ0) is 21.0. The molecule has 158 valence electrons. The number of aryl methyl sites for hydroxylation is 1. The van der Waals surface area contributed by atoms with Gasteiger partial charge in [-0.1, -0.05) is 47.6 Å². The van der Waals surface area contributed by atoms with Crippen LogP contribution < -0.4 is 0 Å². The minimum atomic E-state index is 0.153. The fourth-order valence-corrected chi connectivity index (χ4v) is 4.70.